The number of halogens is 1. The highest BCUT2D eigenvalue weighted by Gasteiger charge is 2.33. The number of carbonyl (C=O) groups is 1. The number of aromatic nitrogens is 2. The molecule has 1 aliphatic rings. The van der Waals surface area contributed by atoms with Crippen molar-refractivity contribution in [3.8, 4) is 22.9 Å². The molecule has 0 unspecified atom stereocenters. The number of methoxy groups -OCH3 is 2. The summed E-state index contributed by atoms with van der Waals surface area (Å²) in [6, 6.07) is 19.4. The summed E-state index contributed by atoms with van der Waals surface area (Å²) in [6.45, 7) is 2.22. The maximum atomic E-state index is 13.2. The topological polar surface area (TPSA) is 74.6 Å². The van der Waals surface area contributed by atoms with E-state index in [4.69, 9.17) is 19.3 Å². The lowest BCUT2D eigenvalue weighted by molar-refractivity contribution is -0.116. The van der Waals surface area contributed by atoms with Crippen molar-refractivity contribution in [2.75, 3.05) is 19.5 Å². The molecule has 4 aromatic rings. The smallest absolute Gasteiger partial charge is 0.226 e. The van der Waals surface area contributed by atoms with Gasteiger partial charge in [0.15, 0.2) is 11.5 Å². The van der Waals surface area contributed by atoms with Crippen LogP contribution in [0.25, 0.3) is 5.69 Å². The lowest BCUT2D eigenvalue weighted by atomic mass is 9.85. The van der Waals surface area contributed by atoms with Gasteiger partial charge in [-0.25, -0.2) is 9.07 Å². The van der Waals surface area contributed by atoms with E-state index < -0.39 is 0 Å². The Kier molecular flexibility index (Phi) is 6.33. The highest BCUT2D eigenvalue weighted by molar-refractivity contribution is 5.95. The highest BCUT2D eigenvalue weighted by Crippen LogP contribution is 2.42. The number of ether oxygens (including phenoxy) is 3. The van der Waals surface area contributed by atoms with Crippen LogP contribution in [-0.4, -0.2) is 29.9 Å². The number of carbonyl (C=O) groups excluding carboxylic acids is 1. The van der Waals surface area contributed by atoms with Crippen LogP contribution < -0.4 is 19.5 Å². The molecule has 3 aromatic carbocycles. The van der Waals surface area contributed by atoms with E-state index in [1.54, 1.807) is 31.0 Å². The van der Waals surface area contributed by atoms with Gasteiger partial charge in [0.05, 0.1) is 25.6 Å². The predicted molar refractivity (Wildman–Crippen MR) is 134 cm³/mol. The zero-order chi connectivity index (χ0) is 25.2. The van der Waals surface area contributed by atoms with E-state index >= 15 is 0 Å². The Hall–Kier alpha value is -4.33. The predicted octanol–water partition coefficient (Wildman–Crippen LogP) is 5.39. The molecule has 36 heavy (non-hydrogen) atoms. The summed E-state index contributed by atoms with van der Waals surface area (Å²) in [5.74, 6) is 1.96. The Morgan fingerprint density at radius 3 is 2.44 bits per heavy atom. The number of rotatable bonds is 7. The Balaban J connectivity index is 1.46. The summed E-state index contributed by atoms with van der Waals surface area (Å²) in [5.41, 5.74) is 4.39. The standard InChI is InChI=1S/C28H26FN3O4/c1-17-27-23(15-26(33)30-28(27)32(31-17)21-9-11-22(34-2)12-10-21)19-6-13-24(25(14-19)35-3)36-16-18-4-7-20(29)8-5-18/h4-14,23H,15-16H2,1-3H3,(H,30,33)/t23-/m1/s1. The maximum Gasteiger partial charge on any atom is 0.226 e. The molecule has 0 saturated carbocycles. The monoisotopic (exact) mass is 487 g/mol. The number of nitrogens with one attached hydrogen (secondary N) is 1. The SMILES string of the molecule is COc1ccc(-n2nc(C)c3c2NC(=O)C[C@@H]3c2ccc(OCc3ccc(F)cc3)c(OC)c2)cc1. The van der Waals surface area contributed by atoms with E-state index in [0.29, 0.717) is 23.7 Å². The fourth-order valence-electron chi connectivity index (χ4n) is 4.50. The average molecular weight is 488 g/mol. The third kappa shape index (κ3) is 4.49. The molecule has 0 fully saturated rings. The van der Waals surface area contributed by atoms with E-state index in [1.165, 1.54) is 12.1 Å². The molecule has 5 rings (SSSR count). The van der Waals surface area contributed by atoms with Crippen LogP contribution in [0.15, 0.2) is 66.7 Å². The zero-order valence-corrected chi connectivity index (χ0v) is 20.2. The van der Waals surface area contributed by atoms with Crippen LogP contribution in [0.2, 0.25) is 0 Å². The molecule has 1 atom stereocenters. The van der Waals surface area contributed by atoms with Crippen molar-refractivity contribution in [3.63, 3.8) is 0 Å². The third-order valence-electron chi connectivity index (χ3n) is 6.32. The van der Waals surface area contributed by atoms with Crippen molar-refractivity contribution >= 4 is 11.7 Å². The zero-order valence-electron chi connectivity index (χ0n) is 20.2. The van der Waals surface area contributed by atoms with Crippen LogP contribution in [0.1, 0.15) is 34.7 Å². The number of benzene rings is 3. The Labute approximate surface area is 208 Å². The minimum Gasteiger partial charge on any atom is -0.497 e. The lowest BCUT2D eigenvalue weighted by Gasteiger charge is -2.25. The first-order valence-electron chi connectivity index (χ1n) is 11.6. The van der Waals surface area contributed by atoms with Gasteiger partial charge in [-0.05, 0) is 66.6 Å². The summed E-state index contributed by atoms with van der Waals surface area (Å²) in [6.07, 6.45) is 0.293. The number of hydrogen-bond donors (Lipinski definition) is 1. The first kappa shape index (κ1) is 23.4. The number of hydrogen-bond acceptors (Lipinski definition) is 5. The highest BCUT2D eigenvalue weighted by atomic mass is 19.1. The normalized spacial score (nSPS) is 14.7. The van der Waals surface area contributed by atoms with Gasteiger partial charge < -0.3 is 19.5 Å². The Morgan fingerprint density at radius 2 is 1.75 bits per heavy atom. The first-order chi connectivity index (χ1) is 17.5. The molecule has 1 aromatic heterocycles. The molecule has 184 valence electrons. The van der Waals surface area contributed by atoms with E-state index in [2.05, 4.69) is 5.32 Å². The lowest BCUT2D eigenvalue weighted by Crippen LogP contribution is -2.25. The first-order valence-corrected chi connectivity index (χ1v) is 11.6. The molecule has 2 heterocycles. The van der Waals surface area contributed by atoms with Gasteiger partial charge in [0.1, 0.15) is 24.0 Å². The second-order valence-corrected chi connectivity index (χ2v) is 8.59. The summed E-state index contributed by atoms with van der Waals surface area (Å²) in [4.78, 5) is 12.8. The fraction of sp³-hybridized carbons (Fsp3) is 0.214. The largest absolute Gasteiger partial charge is 0.497 e. The summed E-state index contributed by atoms with van der Waals surface area (Å²) < 4.78 is 31.7. The third-order valence-corrected chi connectivity index (χ3v) is 6.32. The van der Waals surface area contributed by atoms with Crippen molar-refractivity contribution < 1.29 is 23.4 Å². The molecule has 1 amide bonds. The number of amides is 1. The second-order valence-electron chi connectivity index (χ2n) is 8.59. The van der Waals surface area contributed by atoms with Crippen molar-refractivity contribution in [3.05, 3.63) is 94.9 Å². The number of fused-ring (bicyclic) bond motifs is 1. The van der Waals surface area contributed by atoms with E-state index in [9.17, 15) is 9.18 Å². The van der Waals surface area contributed by atoms with Crippen LogP contribution in [0.5, 0.6) is 17.2 Å². The number of anilines is 1. The van der Waals surface area contributed by atoms with Gasteiger partial charge in [-0.2, -0.15) is 5.10 Å². The van der Waals surface area contributed by atoms with Crippen LogP contribution in [-0.2, 0) is 11.4 Å². The minimum absolute atomic E-state index is 0.0854. The summed E-state index contributed by atoms with van der Waals surface area (Å²) >= 11 is 0. The molecule has 1 aliphatic heterocycles. The van der Waals surface area contributed by atoms with Gasteiger partial charge in [0, 0.05) is 17.9 Å². The maximum absolute atomic E-state index is 13.2. The van der Waals surface area contributed by atoms with Gasteiger partial charge in [0.2, 0.25) is 5.91 Å². The number of nitrogens with zero attached hydrogens (tertiary/aromatic N) is 2. The fourth-order valence-corrected chi connectivity index (χ4v) is 4.50. The molecule has 0 spiro atoms. The van der Waals surface area contributed by atoms with E-state index in [0.717, 1.165) is 33.8 Å². The van der Waals surface area contributed by atoms with Gasteiger partial charge in [0.25, 0.3) is 0 Å². The summed E-state index contributed by atoms with van der Waals surface area (Å²) in [5, 5.41) is 7.74. The van der Waals surface area contributed by atoms with Crippen LogP contribution in [0.3, 0.4) is 0 Å². The molecular weight excluding hydrogens is 461 g/mol. The molecule has 0 bridgehead atoms. The van der Waals surface area contributed by atoms with E-state index in [-0.39, 0.29) is 24.2 Å². The van der Waals surface area contributed by atoms with Crippen molar-refractivity contribution in [1.29, 1.82) is 0 Å². The average Bonchev–Trinajstić information content (AvgIpc) is 3.23. The quantitative estimate of drug-likeness (QED) is 0.378. The molecule has 7 nitrogen and oxygen atoms in total. The van der Waals surface area contributed by atoms with Crippen molar-refractivity contribution in [2.24, 2.45) is 0 Å². The molecule has 1 N–H and O–H groups in total. The van der Waals surface area contributed by atoms with E-state index in [1.807, 2.05) is 49.4 Å². The number of aryl methyl sites for hydroxylation is 1. The molecular formula is C28H26FN3O4. The molecule has 0 aliphatic carbocycles. The van der Waals surface area contributed by atoms with Crippen molar-refractivity contribution in [1.82, 2.24) is 9.78 Å². The van der Waals surface area contributed by atoms with Crippen molar-refractivity contribution in [2.45, 2.75) is 25.9 Å². The van der Waals surface area contributed by atoms with Gasteiger partial charge in [-0.1, -0.05) is 18.2 Å². The second kappa shape index (κ2) is 9.73. The molecule has 8 heteroatoms. The van der Waals surface area contributed by atoms with Crippen LogP contribution >= 0.6 is 0 Å². The Morgan fingerprint density at radius 1 is 1.00 bits per heavy atom. The van der Waals surface area contributed by atoms with Gasteiger partial charge in [-0.15, -0.1) is 0 Å². The van der Waals surface area contributed by atoms with Gasteiger partial charge in [-0.3, -0.25) is 4.79 Å². The summed E-state index contributed by atoms with van der Waals surface area (Å²) in [7, 11) is 3.20. The van der Waals surface area contributed by atoms with Crippen LogP contribution in [0, 0.1) is 12.7 Å². The molecule has 0 radical (unpaired) electrons. The van der Waals surface area contributed by atoms with Crippen LogP contribution in [0.4, 0.5) is 10.2 Å². The van der Waals surface area contributed by atoms with Gasteiger partial charge >= 0.3 is 0 Å². The Bertz CT molecular complexity index is 1400. The minimum atomic E-state index is -0.290. The molecule has 0 saturated heterocycles.